The molecule has 0 amide bonds. The van der Waals surface area contributed by atoms with Gasteiger partial charge in [0.1, 0.15) is 0 Å². The fourth-order valence-corrected chi connectivity index (χ4v) is 7.44. The molecule has 0 unspecified atom stereocenters. The first kappa shape index (κ1) is 28.8. The molecule has 5 heteroatoms. The predicted molar refractivity (Wildman–Crippen MR) is 203 cm³/mol. The van der Waals surface area contributed by atoms with Gasteiger partial charge in [-0.2, -0.15) is 5.26 Å². The fraction of sp³-hybridized carbons (Fsp3) is 0. The number of para-hydroxylation sites is 3. The summed E-state index contributed by atoms with van der Waals surface area (Å²) < 4.78 is 4.48. The third-order valence-electron chi connectivity index (χ3n) is 9.60. The predicted octanol–water partition coefficient (Wildman–Crippen LogP) is 12.2. The minimum atomic E-state index is 0.501. The van der Waals surface area contributed by atoms with Gasteiger partial charge in [-0.1, -0.05) is 91.0 Å². The van der Waals surface area contributed by atoms with Crippen LogP contribution >= 0.6 is 0 Å². The summed E-state index contributed by atoms with van der Waals surface area (Å²) in [5.74, 6) is 0. The standard InChI is InChI=1S/C45H25N5/c1-47-31-21-25-43-37(27-31)36-12-5-8-17-42(36)50(43)44-24-18-29(28-46)26-38(44)45-33(13-9-14-39(45)48-2)30-19-22-32(23-20-30)49-40-15-6-3-10-34(40)35-11-4-7-16-41(35)49/h3-27H. The van der Waals surface area contributed by atoms with Crippen LogP contribution in [0.3, 0.4) is 0 Å². The summed E-state index contributed by atoms with van der Waals surface area (Å²) in [6.45, 7) is 15.9. The first-order valence-electron chi connectivity index (χ1n) is 16.2. The highest BCUT2D eigenvalue weighted by molar-refractivity contribution is 6.12. The molecule has 7 aromatic carbocycles. The van der Waals surface area contributed by atoms with Crippen LogP contribution in [0.2, 0.25) is 0 Å². The van der Waals surface area contributed by atoms with Gasteiger partial charge in [0.25, 0.3) is 0 Å². The second-order valence-electron chi connectivity index (χ2n) is 12.2. The van der Waals surface area contributed by atoms with Crippen LogP contribution in [0.5, 0.6) is 0 Å². The molecule has 2 aromatic heterocycles. The fourth-order valence-electron chi connectivity index (χ4n) is 7.44. The van der Waals surface area contributed by atoms with Crippen molar-refractivity contribution in [2.45, 2.75) is 0 Å². The highest BCUT2D eigenvalue weighted by Gasteiger charge is 2.21. The summed E-state index contributed by atoms with van der Waals surface area (Å²) in [5, 5.41) is 14.5. The lowest BCUT2D eigenvalue weighted by Crippen LogP contribution is -1.99. The molecule has 0 fully saturated rings. The Morgan fingerprint density at radius 2 is 1.12 bits per heavy atom. The smallest absolute Gasteiger partial charge is 0.195 e. The minimum Gasteiger partial charge on any atom is -0.309 e. The van der Waals surface area contributed by atoms with E-state index in [9.17, 15) is 5.26 Å². The van der Waals surface area contributed by atoms with Crippen molar-refractivity contribution in [1.29, 1.82) is 5.26 Å². The summed E-state index contributed by atoms with van der Waals surface area (Å²) >= 11 is 0. The van der Waals surface area contributed by atoms with Crippen LogP contribution in [0.25, 0.3) is 86.9 Å². The van der Waals surface area contributed by atoms with Gasteiger partial charge in [-0.25, -0.2) is 9.69 Å². The molecular formula is C45H25N5. The van der Waals surface area contributed by atoms with E-state index in [1.807, 2.05) is 60.7 Å². The molecule has 2 heterocycles. The Hall–Kier alpha value is -7.39. The van der Waals surface area contributed by atoms with Crippen LogP contribution in [-0.2, 0) is 0 Å². The summed E-state index contributed by atoms with van der Waals surface area (Å²) in [4.78, 5) is 7.69. The van der Waals surface area contributed by atoms with Crippen LogP contribution in [0.4, 0.5) is 11.4 Å². The summed E-state index contributed by atoms with van der Waals surface area (Å²) in [6, 6.07) is 53.2. The SMILES string of the molecule is [C-]#[N+]c1ccc2c(c1)c1ccccc1n2-c1ccc(C#N)cc1-c1c([N+]#[C-])cccc1-c1ccc(-n2c3ccccc3c3ccccc32)cc1. The Bertz CT molecular complexity index is 2900. The highest BCUT2D eigenvalue weighted by Crippen LogP contribution is 2.45. The van der Waals surface area contributed by atoms with Crippen molar-refractivity contribution in [3.8, 4) is 39.7 Å². The number of rotatable bonds is 4. The largest absolute Gasteiger partial charge is 0.309 e. The molecule has 5 nitrogen and oxygen atoms in total. The van der Waals surface area contributed by atoms with Crippen molar-refractivity contribution < 1.29 is 0 Å². The zero-order chi connectivity index (χ0) is 33.8. The maximum absolute atomic E-state index is 10.1. The minimum absolute atomic E-state index is 0.501. The van der Waals surface area contributed by atoms with Gasteiger partial charge in [0.15, 0.2) is 11.4 Å². The van der Waals surface area contributed by atoms with E-state index in [0.717, 1.165) is 66.5 Å². The van der Waals surface area contributed by atoms with Crippen LogP contribution in [0.1, 0.15) is 5.56 Å². The third kappa shape index (κ3) is 4.31. The third-order valence-corrected chi connectivity index (χ3v) is 9.60. The van der Waals surface area contributed by atoms with E-state index in [0.29, 0.717) is 16.9 Å². The maximum atomic E-state index is 10.1. The zero-order valence-electron chi connectivity index (χ0n) is 26.7. The number of hydrogen-bond acceptors (Lipinski definition) is 1. The van der Waals surface area contributed by atoms with Crippen molar-refractivity contribution in [1.82, 2.24) is 9.13 Å². The van der Waals surface area contributed by atoms with E-state index in [4.69, 9.17) is 13.1 Å². The van der Waals surface area contributed by atoms with Crippen molar-refractivity contribution in [3.63, 3.8) is 0 Å². The molecule has 0 aliphatic carbocycles. The van der Waals surface area contributed by atoms with E-state index in [-0.39, 0.29) is 0 Å². The van der Waals surface area contributed by atoms with E-state index < -0.39 is 0 Å². The van der Waals surface area contributed by atoms with Crippen LogP contribution in [-0.4, -0.2) is 9.13 Å². The first-order valence-corrected chi connectivity index (χ1v) is 16.2. The van der Waals surface area contributed by atoms with Crippen LogP contribution in [0, 0.1) is 24.5 Å². The Labute approximate surface area is 288 Å². The van der Waals surface area contributed by atoms with Crippen molar-refractivity contribution >= 4 is 55.0 Å². The Morgan fingerprint density at radius 3 is 1.76 bits per heavy atom. The van der Waals surface area contributed by atoms with Gasteiger partial charge in [0.2, 0.25) is 0 Å². The van der Waals surface area contributed by atoms with E-state index in [1.54, 1.807) is 0 Å². The molecule has 9 rings (SSSR count). The average molecular weight is 636 g/mol. The Balaban J connectivity index is 1.28. The number of nitrogens with zero attached hydrogens (tertiary/aromatic N) is 5. The molecule has 0 atom stereocenters. The molecule has 0 bridgehead atoms. The lowest BCUT2D eigenvalue weighted by atomic mass is 9.91. The van der Waals surface area contributed by atoms with Crippen molar-refractivity contribution in [3.05, 3.63) is 180 Å². The number of aromatic nitrogens is 2. The quantitative estimate of drug-likeness (QED) is 0.177. The normalized spacial score (nSPS) is 11.1. The molecule has 0 aliphatic rings. The van der Waals surface area contributed by atoms with Gasteiger partial charge in [-0.15, -0.1) is 0 Å². The molecule has 0 N–H and O–H groups in total. The molecule has 0 spiro atoms. The number of benzene rings is 7. The van der Waals surface area contributed by atoms with E-state index >= 15 is 0 Å². The number of hydrogen-bond donors (Lipinski definition) is 0. The molecule has 0 saturated heterocycles. The number of nitriles is 1. The average Bonchev–Trinajstić information content (AvgIpc) is 3.70. The molecule has 0 radical (unpaired) electrons. The Morgan fingerprint density at radius 1 is 0.500 bits per heavy atom. The van der Waals surface area contributed by atoms with Crippen molar-refractivity contribution in [2.24, 2.45) is 0 Å². The molecule has 0 aliphatic heterocycles. The van der Waals surface area contributed by atoms with Gasteiger partial charge in [0, 0.05) is 21.8 Å². The highest BCUT2D eigenvalue weighted by atomic mass is 15.0. The van der Waals surface area contributed by atoms with Gasteiger partial charge in [0.05, 0.1) is 52.5 Å². The lowest BCUT2D eigenvalue weighted by molar-refractivity contribution is 1.18. The van der Waals surface area contributed by atoms with Gasteiger partial charge in [-0.3, -0.25) is 0 Å². The second kappa shape index (κ2) is 11.4. The van der Waals surface area contributed by atoms with Gasteiger partial charge >= 0.3 is 0 Å². The molecule has 0 saturated carbocycles. The number of fused-ring (bicyclic) bond motifs is 6. The first-order chi connectivity index (χ1) is 24.7. The second-order valence-corrected chi connectivity index (χ2v) is 12.2. The zero-order valence-corrected chi connectivity index (χ0v) is 26.7. The van der Waals surface area contributed by atoms with E-state index in [2.05, 4.69) is 116 Å². The van der Waals surface area contributed by atoms with Crippen molar-refractivity contribution in [2.75, 3.05) is 0 Å². The topological polar surface area (TPSA) is 42.4 Å². The maximum Gasteiger partial charge on any atom is 0.195 e. The summed E-state index contributed by atoms with van der Waals surface area (Å²) in [7, 11) is 0. The molecule has 9 aromatic rings. The lowest BCUT2D eigenvalue weighted by Gasteiger charge is -2.19. The molecule has 230 valence electrons. The van der Waals surface area contributed by atoms with Gasteiger partial charge in [-0.05, 0) is 88.3 Å². The van der Waals surface area contributed by atoms with Gasteiger partial charge < -0.3 is 9.13 Å². The van der Waals surface area contributed by atoms with Crippen LogP contribution in [0.15, 0.2) is 152 Å². The monoisotopic (exact) mass is 635 g/mol. The summed E-state index contributed by atoms with van der Waals surface area (Å²) in [5.41, 5.74) is 11.1. The molecular weight excluding hydrogens is 611 g/mol. The van der Waals surface area contributed by atoms with Crippen LogP contribution < -0.4 is 0 Å². The Kier molecular flexibility index (Phi) is 6.56. The summed E-state index contributed by atoms with van der Waals surface area (Å²) in [6.07, 6.45) is 0. The van der Waals surface area contributed by atoms with E-state index in [1.165, 1.54) is 10.8 Å². The molecule has 50 heavy (non-hydrogen) atoms.